The van der Waals surface area contributed by atoms with Crippen LogP contribution < -0.4 is 5.32 Å². The SMILES string of the molecule is CS(=O)(=O)c1cc(F)cc(F)c1.c1ccc2c3c([nH]c2c1)CCNCC3. The van der Waals surface area contributed by atoms with E-state index >= 15 is 0 Å². The topological polar surface area (TPSA) is 62.0 Å². The van der Waals surface area contributed by atoms with Crippen molar-refractivity contribution in [1.29, 1.82) is 0 Å². The molecule has 0 saturated carbocycles. The van der Waals surface area contributed by atoms with Crippen LogP contribution in [0.3, 0.4) is 0 Å². The van der Waals surface area contributed by atoms with Gasteiger partial charge >= 0.3 is 0 Å². The van der Waals surface area contributed by atoms with Crippen molar-refractivity contribution in [1.82, 2.24) is 10.3 Å². The lowest BCUT2D eigenvalue weighted by atomic mass is 10.1. The number of hydrogen-bond donors (Lipinski definition) is 2. The zero-order chi connectivity index (χ0) is 18.7. The number of hydrogen-bond acceptors (Lipinski definition) is 3. The number of sulfone groups is 1. The first-order valence-electron chi connectivity index (χ1n) is 8.30. The van der Waals surface area contributed by atoms with Gasteiger partial charge in [0.2, 0.25) is 0 Å². The van der Waals surface area contributed by atoms with Gasteiger partial charge in [-0.15, -0.1) is 0 Å². The standard InChI is InChI=1S/C12H14N2.C7H6F2O2S/c1-2-4-11-9(3-1)10-5-7-13-8-6-12(10)14-11;1-12(10,11)7-3-5(8)2-6(9)4-7/h1-4,13-14H,5-8H2;2-4H,1H3. The minimum Gasteiger partial charge on any atom is -0.358 e. The second kappa shape index (κ2) is 7.55. The Bertz CT molecular complexity index is 1010. The second-order valence-electron chi connectivity index (χ2n) is 6.26. The highest BCUT2D eigenvalue weighted by Crippen LogP contribution is 2.23. The third-order valence-electron chi connectivity index (χ3n) is 4.27. The molecule has 0 unspecified atom stereocenters. The van der Waals surface area contributed by atoms with Gasteiger partial charge in [0.1, 0.15) is 11.6 Å². The Morgan fingerprint density at radius 1 is 0.962 bits per heavy atom. The summed E-state index contributed by atoms with van der Waals surface area (Å²) < 4.78 is 46.5. The third kappa shape index (κ3) is 4.28. The molecule has 2 aromatic carbocycles. The zero-order valence-corrected chi connectivity index (χ0v) is 15.2. The predicted molar refractivity (Wildman–Crippen MR) is 98.0 cm³/mol. The van der Waals surface area contributed by atoms with Crippen molar-refractivity contribution in [2.45, 2.75) is 17.7 Å². The summed E-state index contributed by atoms with van der Waals surface area (Å²) in [7, 11) is -3.53. The first-order valence-corrected chi connectivity index (χ1v) is 10.2. The quantitative estimate of drug-likeness (QED) is 0.683. The molecule has 0 bridgehead atoms. The van der Waals surface area contributed by atoms with Gasteiger partial charge in [0.25, 0.3) is 0 Å². The first kappa shape index (κ1) is 18.5. The summed E-state index contributed by atoms with van der Waals surface area (Å²) in [4.78, 5) is 3.17. The summed E-state index contributed by atoms with van der Waals surface area (Å²) in [5.41, 5.74) is 4.24. The van der Waals surface area contributed by atoms with E-state index in [-0.39, 0.29) is 4.90 Å². The maximum Gasteiger partial charge on any atom is 0.175 e. The highest BCUT2D eigenvalue weighted by molar-refractivity contribution is 7.90. The van der Waals surface area contributed by atoms with E-state index < -0.39 is 21.5 Å². The average molecular weight is 378 g/mol. The molecular formula is C19H20F2N2O2S. The minimum absolute atomic E-state index is 0.347. The van der Waals surface area contributed by atoms with Crippen LogP contribution in [0.5, 0.6) is 0 Å². The van der Waals surface area contributed by atoms with E-state index in [1.807, 2.05) is 0 Å². The molecule has 138 valence electrons. The van der Waals surface area contributed by atoms with Gasteiger partial charge in [-0.05, 0) is 36.7 Å². The molecule has 2 N–H and O–H groups in total. The number of H-pyrrole nitrogens is 1. The monoisotopic (exact) mass is 378 g/mol. The molecule has 4 rings (SSSR count). The summed E-state index contributed by atoms with van der Waals surface area (Å²) in [5.74, 6) is -1.79. The van der Waals surface area contributed by atoms with Crippen LogP contribution in [-0.2, 0) is 22.7 Å². The van der Waals surface area contributed by atoms with Crippen LogP contribution in [0.15, 0.2) is 47.4 Å². The van der Waals surface area contributed by atoms with Crippen LogP contribution in [0.4, 0.5) is 8.78 Å². The molecule has 1 aliphatic rings. The maximum atomic E-state index is 12.5. The van der Waals surface area contributed by atoms with Gasteiger partial charge in [-0.1, -0.05) is 18.2 Å². The summed E-state index contributed by atoms with van der Waals surface area (Å²) in [5, 5.41) is 4.83. The summed E-state index contributed by atoms with van der Waals surface area (Å²) >= 11 is 0. The van der Waals surface area contributed by atoms with E-state index in [1.165, 1.54) is 22.2 Å². The molecule has 0 atom stereocenters. The van der Waals surface area contributed by atoms with E-state index in [1.54, 1.807) is 0 Å². The van der Waals surface area contributed by atoms with Crippen LogP contribution in [0.25, 0.3) is 10.9 Å². The number of nitrogens with one attached hydrogen (secondary N) is 2. The number of halogens is 2. The number of aromatic nitrogens is 1. The largest absolute Gasteiger partial charge is 0.358 e. The molecule has 3 aromatic rings. The number of fused-ring (bicyclic) bond motifs is 3. The smallest absolute Gasteiger partial charge is 0.175 e. The Balaban J connectivity index is 0.000000153. The van der Waals surface area contributed by atoms with Gasteiger partial charge in [0.15, 0.2) is 9.84 Å². The van der Waals surface area contributed by atoms with Gasteiger partial charge in [-0.25, -0.2) is 17.2 Å². The molecular weight excluding hydrogens is 358 g/mol. The molecule has 0 aliphatic carbocycles. The lowest BCUT2D eigenvalue weighted by Crippen LogP contribution is -2.16. The van der Waals surface area contributed by atoms with Gasteiger partial charge in [0.05, 0.1) is 4.90 Å². The average Bonchev–Trinajstić information content (AvgIpc) is 2.75. The van der Waals surface area contributed by atoms with Crippen LogP contribution >= 0.6 is 0 Å². The van der Waals surface area contributed by atoms with E-state index in [0.717, 1.165) is 44.3 Å². The summed E-state index contributed by atoms with van der Waals surface area (Å²) in [6.07, 6.45) is 3.17. The Kier molecular flexibility index (Phi) is 5.38. The second-order valence-corrected chi connectivity index (χ2v) is 8.27. The highest BCUT2D eigenvalue weighted by atomic mass is 32.2. The van der Waals surface area contributed by atoms with Crippen LogP contribution in [-0.4, -0.2) is 32.7 Å². The van der Waals surface area contributed by atoms with Crippen LogP contribution in [0, 0.1) is 11.6 Å². The maximum absolute atomic E-state index is 12.5. The number of benzene rings is 2. The summed E-state index contributed by atoms with van der Waals surface area (Å²) in [6, 6.07) is 10.8. The van der Waals surface area contributed by atoms with Gasteiger partial charge in [0, 0.05) is 41.9 Å². The Morgan fingerprint density at radius 3 is 2.31 bits per heavy atom. The first-order chi connectivity index (χ1) is 12.3. The molecule has 0 saturated heterocycles. The molecule has 2 heterocycles. The van der Waals surface area contributed by atoms with Crippen LogP contribution in [0.2, 0.25) is 0 Å². The number of para-hydroxylation sites is 1. The lowest BCUT2D eigenvalue weighted by Gasteiger charge is -1.97. The van der Waals surface area contributed by atoms with Gasteiger partial charge in [-0.3, -0.25) is 0 Å². The molecule has 1 aliphatic heterocycles. The third-order valence-corrected chi connectivity index (χ3v) is 5.36. The lowest BCUT2D eigenvalue weighted by molar-refractivity contribution is 0.568. The van der Waals surface area contributed by atoms with E-state index in [9.17, 15) is 17.2 Å². The molecule has 26 heavy (non-hydrogen) atoms. The minimum atomic E-state index is -3.53. The molecule has 0 amide bonds. The number of aromatic amines is 1. The van der Waals surface area contributed by atoms with Crippen molar-refractivity contribution in [2.75, 3.05) is 19.3 Å². The Hall–Kier alpha value is -2.25. The Morgan fingerprint density at radius 2 is 1.62 bits per heavy atom. The molecule has 7 heteroatoms. The van der Waals surface area contributed by atoms with E-state index in [2.05, 4.69) is 34.6 Å². The predicted octanol–water partition coefficient (Wildman–Crippen LogP) is 3.22. The Labute approximate surface area is 151 Å². The van der Waals surface area contributed by atoms with E-state index in [4.69, 9.17) is 0 Å². The fraction of sp³-hybridized carbons (Fsp3) is 0.263. The molecule has 0 spiro atoms. The normalized spacial score (nSPS) is 14.3. The van der Waals surface area contributed by atoms with E-state index in [0.29, 0.717) is 6.07 Å². The molecule has 0 fully saturated rings. The van der Waals surface area contributed by atoms with Crippen molar-refractivity contribution >= 4 is 20.7 Å². The van der Waals surface area contributed by atoms with Gasteiger partial charge in [-0.2, -0.15) is 0 Å². The highest BCUT2D eigenvalue weighted by Gasteiger charge is 2.12. The van der Waals surface area contributed by atoms with Crippen LogP contribution in [0.1, 0.15) is 11.3 Å². The van der Waals surface area contributed by atoms with Crippen molar-refractivity contribution in [3.8, 4) is 0 Å². The fourth-order valence-corrected chi connectivity index (χ4v) is 3.70. The van der Waals surface area contributed by atoms with Crippen molar-refractivity contribution in [2.24, 2.45) is 0 Å². The summed E-state index contributed by atoms with van der Waals surface area (Å²) in [6.45, 7) is 2.20. The molecule has 4 nitrogen and oxygen atoms in total. The van der Waals surface area contributed by atoms with Crippen molar-refractivity contribution in [3.63, 3.8) is 0 Å². The van der Waals surface area contributed by atoms with Crippen molar-refractivity contribution < 1.29 is 17.2 Å². The van der Waals surface area contributed by atoms with Crippen molar-refractivity contribution in [3.05, 3.63) is 65.4 Å². The van der Waals surface area contributed by atoms with Gasteiger partial charge < -0.3 is 10.3 Å². The molecule has 0 radical (unpaired) electrons. The molecule has 1 aromatic heterocycles. The zero-order valence-electron chi connectivity index (χ0n) is 14.4. The number of rotatable bonds is 1. The fourth-order valence-electron chi connectivity index (χ4n) is 3.05.